The van der Waals surface area contributed by atoms with Gasteiger partial charge in [-0.3, -0.25) is 9.59 Å². The molecule has 1 amide bonds. The summed E-state index contributed by atoms with van der Waals surface area (Å²) < 4.78 is 4.77. The van der Waals surface area contributed by atoms with Crippen LogP contribution in [0.2, 0.25) is 0 Å². The molecule has 2 aromatic heterocycles. The van der Waals surface area contributed by atoms with Gasteiger partial charge in [-0.2, -0.15) is 11.3 Å². The van der Waals surface area contributed by atoms with Crippen molar-refractivity contribution < 1.29 is 24.2 Å². The number of ether oxygens (including phenoxy) is 1. The summed E-state index contributed by atoms with van der Waals surface area (Å²) in [6.07, 6.45) is 2.44. The normalized spacial score (nSPS) is 15.7. The largest absolute Gasteiger partial charge is 0.503 e. The molecule has 0 saturated heterocycles. The summed E-state index contributed by atoms with van der Waals surface area (Å²) in [7, 11) is 1.30. The number of carbonyl (C=O) groups excluding carboxylic acids is 3. The second-order valence-electron chi connectivity index (χ2n) is 8.23. The molecule has 176 valence electrons. The number of H-pyrrole nitrogens is 1. The molecular weight excluding hydrogens is 464 g/mol. The fourth-order valence-electron chi connectivity index (χ4n) is 4.51. The van der Waals surface area contributed by atoms with E-state index in [2.05, 4.69) is 4.98 Å². The summed E-state index contributed by atoms with van der Waals surface area (Å²) in [6, 6.07) is 15.3. The van der Waals surface area contributed by atoms with Crippen LogP contribution < -0.4 is 0 Å². The highest BCUT2D eigenvalue weighted by atomic mass is 32.1. The van der Waals surface area contributed by atoms with Crippen LogP contribution in [0, 0.1) is 0 Å². The Morgan fingerprint density at radius 2 is 1.86 bits per heavy atom. The Kier molecular flexibility index (Phi) is 5.96. The summed E-state index contributed by atoms with van der Waals surface area (Å²) in [4.78, 5) is 43.2. The number of ketones is 1. The highest BCUT2D eigenvalue weighted by Gasteiger charge is 2.43. The van der Waals surface area contributed by atoms with Gasteiger partial charge < -0.3 is 19.7 Å². The third-order valence-electron chi connectivity index (χ3n) is 6.28. The molecule has 0 spiro atoms. The number of aliphatic hydroxyl groups is 1. The molecule has 4 aromatic rings. The zero-order valence-electron chi connectivity index (χ0n) is 18.9. The Bertz CT molecular complexity index is 1450. The fourth-order valence-corrected chi connectivity index (χ4v) is 5.15. The first-order chi connectivity index (χ1) is 17.0. The number of nitrogens with zero attached hydrogens (tertiary/aromatic N) is 1. The molecule has 1 aliphatic heterocycles. The molecule has 0 radical (unpaired) electrons. The highest BCUT2D eigenvalue weighted by molar-refractivity contribution is 7.08. The number of hydrogen-bond donors (Lipinski definition) is 2. The predicted octanol–water partition coefficient (Wildman–Crippen LogP) is 4.84. The SMILES string of the molecule is COC(=O)c1ccc(C2C(C(=O)c3ccsc3)=C(O)C(=O)N2CCc2c[nH]c3ccccc23)cc1. The van der Waals surface area contributed by atoms with Gasteiger partial charge in [0.05, 0.1) is 24.3 Å². The van der Waals surface area contributed by atoms with E-state index in [-0.39, 0.29) is 12.1 Å². The third kappa shape index (κ3) is 4.02. The molecule has 1 atom stereocenters. The molecule has 3 heterocycles. The molecular formula is C27H22N2O5S. The van der Waals surface area contributed by atoms with E-state index in [0.29, 0.717) is 23.1 Å². The predicted molar refractivity (Wildman–Crippen MR) is 133 cm³/mol. The summed E-state index contributed by atoms with van der Waals surface area (Å²) in [5.41, 5.74) is 3.46. The third-order valence-corrected chi connectivity index (χ3v) is 6.96. The maximum atomic E-state index is 13.4. The second-order valence-corrected chi connectivity index (χ2v) is 9.01. The van der Waals surface area contributed by atoms with Gasteiger partial charge in [0.25, 0.3) is 5.91 Å². The number of para-hydroxylation sites is 1. The van der Waals surface area contributed by atoms with Gasteiger partial charge in [0.15, 0.2) is 11.5 Å². The standard InChI is InChI=1S/C27H22N2O5S/c1-34-27(33)17-8-6-16(7-9-17)23-22(24(30)19-11-13-35-15-19)25(31)26(32)29(23)12-10-18-14-28-21-5-3-2-4-20(18)21/h2-9,11,13-15,23,28,31H,10,12H2,1H3. The molecule has 0 bridgehead atoms. The van der Waals surface area contributed by atoms with Gasteiger partial charge in [-0.1, -0.05) is 30.3 Å². The van der Waals surface area contributed by atoms with Crippen LogP contribution in [0.25, 0.3) is 10.9 Å². The summed E-state index contributed by atoms with van der Waals surface area (Å²) in [5, 5.41) is 15.4. The van der Waals surface area contributed by atoms with Crippen LogP contribution in [0.5, 0.6) is 0 Å². The number of benzene rings is 2. The van der Waals surface area contributed by atoms with Crippen LogP contribution in [-0.4, -0.2) is 46.3 Å². The molecule has 0 fully saturated rings. The number of aromatic nitrogens is 1. The van der Waals surface area contributed by atoms with Crippen molar-refractivity contribution in [1.82, 2.24) is 9.88 Å². The molecule has 5 rings (SSSR count). The zero-order valence-corrected chi connectivity index (χ0v) is 19.7. The molecule has 0 aliphatic carbocycles. The van der Waals surface area contributed by atoms with E-state index in [0.717, 1.165) is 16.5 Å². The van der Waals surface area contributed by atoms with Gasteiger partial charge in [-0.05, 0) is 47.2 Å². The van der Waals surface area contributed by atoms with Crippen LogP contribution in [0.3, 0.4) is 0 Å². The summed E-state index contributed by atoms with van der Waals surface area (Å²) >= 11 is 1.37. The lowest BCUT2D eigenvalue weighted by Crippen LogP contribution is -2.33. The minimum atomic E-state index is -0.785. The van der Waals surface area contributed by atoms with Gasteiger partial charge in [-0.25, -0.2) is 4.79 Å². The van der Waals surface area contributed by atoms with Gasteiger partial charge in [0.2, 0.25) is 0 Å². The summed E-state index contributed by atoms with van der Waals surface area (Å²) in [5.74, 6) is -2.01. The first kappa shape index (κ1) is 22.6. The number of nitrogens with one attached hydrogen (secondary N) is 1. The molecule has 2 aromatic carbocycles. The Hall–Kier alpha value is -4.17. The second kappa shape index (κ2) is 9.23. The smallest absolute Gasteiger partial charge is 0.337 e. The number of fused-ring (bicyclic) bond motifs is 1. The number of aromatic amines is 1. The number of hydrogen-bond acceptors (Lipinski definition) is 6. The lowest BCUT2D eigenvalue weighted by molar-refractivity contribution is -0.129. The molecule has 0 saturated carbocycles. The Balaban J connectivity index is 1.51. The molecule has 8 heteroatoms. The first-order valence-corrected chi connectivity index (χ1v) is 12.0. The van der Waals surface area contributed by atoms with Crippen molar-refractivity contribution in [1.29, 1.82) is 0 Å². The number of carbonyl (C=O) groups is 3. The van der Waals surface area contributed by atoms with E-state index in [9.17, 15) is 19.5 Å². The van der Waals surface area contributed by atoms with Crippen LogP contribution in [0.1, 0.15) is 37.9 Å². The number of rotatable bonds is 7. The monoisotopic (exact) mass is 486 g/mol. The molecule has 7 nitrogen and oxygen atoms in total. The van der Waals surface area contributed by atoms with E-state index in [1.807, 2.05) is 30.5 Å². The van der Waals surface area contributed by atoms with Crippen molar-refractivity contribution in [3.05, 3.63) is 105 Å². The van der Waals surface area contributed by atoms with E-state index in [4.69, 9.17) is 4.74 Å². The van der Waals surface area contributed by atoms with E-state index in [1.54, 1.807) is 41.1 Å². The van der Waals surface area contributed by atoms with Crippen molar-refractivity contribution in [2.24, 2.45) is 0 Å². The Morgan fingerprint density at radius 3 is 2.57 bits per heavy atom. The quantitative estimate of drug-likeness (QED) is 0.288. The first-order valence-electron chi connectivity index (χ1n) is 11.0. The van der Waals surface area contributed by atoms with Gasteiger partial charge in [0, 0.05) is 34.6 Å². The van der Waals surface area contributed by atoms with Crippen molar-refractivity contribution in [3.8, 4) is 0 Å². The maximum absolute atomic E-state index is 13.4. The van der Waals surface area contributed by atoms with Crippen LogP contribution in [-0.2, 0) is 16.0 Å². The van der Waals surface area contributed by atoms with Gasteiger partial charge >= 0.3 is 5.97 Å². The van der Waals surface area contributed by atoms with Crippen molar-refractivity contribution in [2.45, 2.75) is 12.5 Å². The van der Waals surface area contributed by atoms with E-state index in [1.165, 1.54) is 23.3 Å². The van der Waals surface area contributed by atoms with E-state index < -0.39 is 29.5 Å². The average Bonchev–Trinajstić information content (AvgIpc) is 3.62. The summed E-state index contributed by atoms with van der Waals surface area (Å²) in [6.45, 7) is 0.286. The van der Waals surface area contributed by atoms with Crippen molar-refractivity contribution >= 4 is 39.9 Å². The Morgan fingerprint density at radius 1 is 1.09 bits per heavy atom. The number of Topliss-reactive ketones (excluding diaryl/α,β-unsaturated/α-hetero) is 1. The molecule has 1 unspecified atom stereocenters. The highest BCUT2D eigenvalue weighted by Crippen LogP contribution is 2.39. The van der Waals surface area contributed by atoms with Crippen LogP contribution in [0.15, 0.2) is 82.9 Å². The minimum Gasteiger partial charge on any atom is -0.503 e. The zero-order chi connectivity index (χ0) is 24.5. The number of aliphatic hydroxyl groups excluding tert-OH is 1. The lowest BCUT2D eigenvalue weighted by Gasteiger charge is -2.27. The molecule has 1 aliphatic rings. The van der Waals surface area contributed by atoms with Crippen molar-refractivity contribution in [2.75, 3.05) is 13.7 Å². The number of thiophene rings is 1. The maximum Gasteiger partial charge on any atom is 0.337 e. The number of methoxy groups -OCH3 is 1. The van der Waals surface area contributed by atoms with Gasteiger partial charge in [0.1, 0.15) is 0 Å². The molecule has 35 heavy (non-hydrogen) atoms. The molecule has 2 N–H and O–H groups in total. The average molecular weight is 487 g/mol. The number of amides is 1. The fraction of sp³-hybridized carbons (Fsp3) is 0.148. The van der Waals surface area contributed by atoms with Crippen LogP contribution >= 0.6 is 11.3 Å². The topological polar surface area (TPSA) is 99.7 Å². The van der Waals surface area contributed by atoms with Crippen LogP contribution in [0.4, 0.5) is 0 Å². The Labute approximate surface area is 205 Å². The lowest BCUT2D eigenvalue weighted by atomic mass is 9.93. The van der Waals surface area contributed by atoms with E-state index >= 15 is 0 Å². The van der Waals surface area contributed by atoms with Gasteiger partial charge in [-0.15, -0.1) is 0 Å². The number of esters is 1. The minimum absolute atomic E-state index is 0.0399. The van der Waals surface area contributed by atoms with Crippen molar-refractivity contribution in [3.63, 3.8) is 0 Å².